The molecule has 1 aliphatic heterocycles. The number of amides is 1. The Kier molecular flexibility index (Phi) is 5.37. The van der Waals surface area contributed by atoms with Crippen LogP contribution in [0.5, 0.6) is 0 Å². The maximum atomic E-state index is 12.2. The molecule has 1 aromatic carbocycles. The summed E-state index contributed by atoms with van der Waals surface area (Å²) in [4.78, 5) is 25.1. The minimum absolute atomic E-state index is 0.0364. The van der Waals surface area contributed by atoms with Gasteiger partial charge in [0.25, 0.3) is 0 Å². The Hall–Kier alpha value is -1.84. The van der Waals surface area contributed by atoms with Crippen LogP contribution in [-0.2, 0) is 16.0 Å². The molecule has 2 rings (SSSR count). The number of hydrogen-bond donors (Lipinski definition) is 1. The fraction of sp³-hybridized carbons (Fsp3) is 0.529. The number of piperidine rings is 1. The molecular formula is C17H23NO3. The average Bonchev–Trinajstić information content (AvgIpc) is 2.47. The molecule has 114 valence electrons. The monoisotopic (exact) mass is 289 g/mol. The normalized spacial score (nSPS) is 22.0. The molecule has 1 amide bonds. The van der Waals surface area contributed by atoms with Gasteiger partial charge >= 0.3 is 5.97 Å². The summed E-state index contributed by atoms with van der Waals surface area (Å²) in [6.45, 7) is 3.06. The van der Waals surface area contributed by atoms with Gasteiger partial charge in [0.05, 0.1) is 5.92 Å². The third-order valence-electron chi connectivity index (χ3n) is 4.27. The third kappa shape index (κ3) is 4.31. The highest BCUT2D eigenvalue weighted by molar-refractivity contribution is 5.77. The molecule has 2 atom stereocenters. The van der Waals surface area contributed by atoms with E-state index in [1.54, 1.807) is 0 Å². The van der Waals surface area contributed by atoms with Crippen molar-refractivity contribution in [2.24, 2.45) is 11.8 Å². The summed E-state index contributed by atoms with van der Waals surface area (Å²) in [5, 5.41) is 9.10. The molecule has 0 saturated carbocycles. The molecule has 1 aliphatic rings. The van der Waals surface area contributed by atoms with Gasteiger partial charge in [-0.2, -0.15) is 0 Å². The number of aryl methyl sites for hydroxylation is 1. The van der Waals surface area contributed by atoms with E-state index in [4.69, 9.17) is 5.11 Å². The van der Waals surface area contributed by atoms with Crippen molar-refractivity contribution in [2.45, 2.75) is 32.6 Å². The van der Waals surface area contributed by atoms with Crippen LogP contribution < -0.4 is 0 Å². The molecule has 2 unspecified atom stereocenters. The number of nitrogens with zero attached hydrogens (tertiary/aromatic N) is 1. The highest BCUT2D eigenvalue weighted by atomic mass is 16.4. The number of carbonyl (C=O) groups is 2. The summed E-state index contributed by atoms with van der Waals surface area (Å²) in [5.74, 6) is -0.854. The zero-order valence-electron chi connectivity index (χ0n) is 12.5. The summed E-state index contributed by atoms with van der Waals surface area (Å²) >= 11 is 0. The number of likely N-dealkylation sites (tertiary alicyclic amines) is 1. The number of carbonyl (C=O) groups excluding carboxylic acids is 1. The van der Waals surface area contributed by atoms with Crippen LogP contribution in [-0.4, -0.2) is 35.0 Å². The second kappa shape index (κ2) is 7.25. The zero-order valence-corrected chi connectivity index (χ0v) is 12.5. The highest BCUT2D eigenvalue weighted by Gasteiger charge is 2.32. The molecule has 1 N–H and O–H groups in total. The van der Waals surface area contributed by atoms with Gasteiger partial charge in [0.15, 0.2) is 0 Å². The van der Waals surface area contributed by atoms with Crippen molar-refractivity contribution < 1.29 is 14.7 Å². The Bertz CT molecular complexity index is 486. The van der Waals surface area contributed by atoms with E-state index in [9.17, 15) is 9.59 Å². The molecule has 1 heterocycles. The lowest BCUT2D eigenvalue weighted by Crippen LogP contribution is -2.44. The Morgan fingerprint density at radius 3 is 2.62 bits per heavy atom. The highest BCUT2D eigenvalue weighted by Crippen LogP contribution is 2.24. The lowest BCUT2D eigenvalue weighted by molar-refractivity contribution is -0.148. The zero-order chi connectivity index (χ0) is 15.2. The van der Waals surface area contributed by atoms with Crippen molar-refractivity contribution in [3.8, 4) is 0 Å². The van der Waals surface area contributed by atoms with Crippen LogP contribution in [0.2, 0.25) is 0 Å². The van der Waals surface area contributed by atoms with E-state index in [2.05, 4.69) is 12.1 Å². The first-order valence-corrected chi connectivity index (χ1v) is 7.62. The van der Waals surface area contributed by atoms with Crippen molar-refractivity contribution in [1.29, 1.82) is 0 Å². The van der Waals surface area contributed by atoms with Gasteiger partial charge in [-0.1, -0.05) is 37.3 Å². The lowest BCUT2D eigenvalue weighted by atomic mass is 9.87. The van der Waals surface area contributed by atoms with E-state index in [1.165, 1.54) is 5.56 Å². The minimum Gasteiger partial charge on any atom is -0.481 e. The summed E-state index contributed by atoms with van der Waals surface area (Å²) in [7, 11) is 0. The van der Waals surface area contributed by atoms with Gasteiger partial charge in [-0.05, 0) is 30.7 Å². The Morgan fingerprint density at radius 2 is 2.00 bits per heavy atom. The fourth-order valence-corrected chi connectivity index (χ4v) is 2.99. The fourth-order valence-electron chi connectivity index (χ4n) is 2.99. The maximum Gasteiger partial charge on any atom is 0.306 e. The summed E-state index contributed by atoms with van der Waals surface area (Å²) in [5.41, 5.74) is 1.25. The van der Waals surface area contributed by atoms with Crippen LogP contribution in [0, 0.1) is 11.8 Å². The molecule has 0 radical (unpaired) electrons. The molecule has 4 nitrogen and oxygen atoms in total. The van der Waals surface area contributed by atoms with Crippen LogP contribution in [0.1, 0.15) is 31.7 Å². The summed E-state index contributed by atoms with van der Waals surface area (Å²) < 4.78 is 0. The van der Waals surface area contributed by atoms with E-state index in [0.29, 0.717) is 25.9 Å². The average molecular weight is 289 g/mol. The van der Waals surface area contributed by atoms with Crippen molar-refractivity contribution in [3.05, 3.63) is 35.9 Å². The summed E-state index contributed by atoms with van der Waals surface area (Å²) in [6, 6.07) is 10.2. The topological polar surface area (TPSA) is 57.6 Å². The van der Waals surface area contributed by atoms with E-state index in [-0.39, 0.29) is 17.7 Å². The molecule has 1 aromatic rings. The van der Waals surface area contributed by atoms with E-state index >= 15 is 0 Å². The number of aliphatic carboxylic acids is 1. The molecule has 0 aromatic heterocycles. The minimum atomic E-state index is -0.737. The number of rotatable bonds is 5. The quantitative estimate of drug-likeness (QED) is 0.906. The number of benzene rings is 1. The number of carboxylic acids is 1. The Morgan fingerprint density at radius 1 is 1.29 bits per heavy atom. The summed E-state index contributed by atoms with van der Waals surface area (Å²) in [6.07, 6.45) is 2.87. The smallest absolute Gasteiger partial charge is 0.306 e. The Balaban J connectivity index is 1.75. The number of hydrogen-bond acceptors (Lipinski definition) is 2. The first-order chi connectivity index (χ1) is 10.1. The van der Waals surface area contributed by atoms with Gasteiger partial charge in [0.1, 0.15) is 0 Å². The second-order valence-electron chi connectivity index (χ2n) is 5.89. The van der Waals surface area contributed by atoms with Crippen molar-refractivity contribution in [1.82, 2.24) is 4.90 Å². The van der Waals surface area contributed by atoms with Gasteiger partial charge in [-0.3, -0.25) is 9.59 Å². The molecule has 1 saturated heterocycles. The first kappa shape index (κ1) is 15.5. The second-order valence-corrected chi connectivity index (χ2v) is 5.89. The van der Waals surface area contributed by atoms with Gasteiger partial charge in [-0.25, -0.2) is 0 Å². The lowest BCUT2D eigenvalue weighted by Gasteiger charge is -2.35. The van der Waals surface area contributed by atoms with E-state index in [1.807, 2.05) is 30.0 Å². The predicted molar refractivity (Wildman–Crippen MR) is 80.9 cm³/mol. The van der Waals surface area contributed by atoms with Gasteiger partial charge in [0, 0.05) is 19.5 Å². The van der Waals surface area contributed by atoms with Crippen LogP contribution in [0.25, 0.3) is 0 Å². The van der Waals surface area contributed by atoms with Gasteiger partial charge in [-0.15, -0.1) is 0 Å². The maximum absolute atomic E-state index is 12.2. The largest absolute Gasteiger partial charge is 0.481 e. The molecule has 0 bridgehead atoms. The predicted octanol–water partition coefficient (Wildman–Crippen LogP) is 2.58. The van der Waals surface area contributed by atoms with Crippen LogP contribution in [0.4, 0.5) is 0 Å². The molecule has 21 heavy (non-hydrogen) atoms. The first-order valence-electron chi connectivity index (χ1n) is 7.62. The molecular weight excluding hydrogens is 266 g/mol. The SMILES string of the molecule is CC1CN(C(=O)CCCc2ccccc2)CCC1C(=O)O. The van der Waals surface area contributed by atoms with Crippen molar-refractivity contribution in [3.63, 3.8) is 0 Å². The van der Waals surface area contributed by atoms with Crippen LogP contribution in [0.15, 0.2) is 30.3 Å². The van der Waals surface area contributed by atoms with Gasteiger partial charge < -0.3 is 10.0 Å². The van der Waals surface area contributed by atoms with E-state index in [0.717, 1.165) is 12.8 Å². The Labute approximate surface area is 125 Å². The van der Waals surface area contributed by atoms with Crippen molar-refractivity contribution in [2.75, 3.05) is 13.1 Å². The molecule has 0 spiro atoms. The van der Waals surface area contributed by atoms with Crippen LogP contribution in [0.3, 0.4) is 0 Å². The molecule has 0 aliphatic carbocycles. The van der Waals surface area contributed by atoms with E-state index < -0.39 is 5.97 Å². The standard InChI is InChI=1S/C17H23NO3/c1-13-12-18(11-10-15(13)17(20)21)16(19)9-5-8-14-6-3-2-4-7-14/h2-4,6-7,13,15H,5,8-12H2,1H3,(H,20,21). The van der Waals surface area contributed by atoms with Crippen molar-refractivity contribution >= 4 is 11.9 Å². The molecule has 4 heteroatoms. The third-order valence-corrected chi connectivity index (χ3v) is 4.27. The van der Waals surface area contributed by atoms with Crippen LogP contribution >= 0.6 is 0 Å². The number of carboxylic acid groups (broad SMARTS) is 1. The molecule has 1 fully saturated rings. The van der Waals surface area contributed by atoms with Gasteiger partial charge in [0.2, 0.25) is 5.91 Å².